The first-order valence-corrected chi connectivity index (χ1v) is 7.94. The van der Waals surface area contributed by atoms with Crippen molar-refractivity contribution in [3.63, 3.8) is 0 Å². The summed E-state index contributed by atoms with van der Waals surface area (Å²) in [6.45, 7) is 2.69. The zero-order valence-corrected chi connectivity index (χ0v) is 13.5. The Morgan fingerprint density at radius 1 is 0.722 bits per heavy atom. The summed E-state index contributed by atoms with van der Waals surface area (Å²) in [6, 6.07) is 0.942. The molecule has 1 fully saturated rings. The van der Waals surface area contributed by atoms with Crippen LogP contribution in [-0.4, -0.2) is 63.3 Å². The van der Waals surface area contributed by atoms with Crippen LogP contribution in [0.2, 0.25) is 0 Å². The summed E-state index contributed by atoms with van der Waals surface area (Å²) in [7, 11) is 11.8. The molecular weight excluding hydrogens is 220 g/mol. The van der Waals surface area contributed by atoms with Crippen LogP contribution in [-0.2, 0) is 0 Å². The fraction of sp³-hybridized carbons (Fsp3) is 1.00. The molecule has 0 aromatic rings. The van der Waals surface area contributed by atoms with Crippen LogP contribution in [0.5, 0.6) is 0 Å². The molecule has 0 saturated heterocycles. The van der Waals surface area contributed by atoms with Crippen molar-refractivity contribution < 1.29 is 8.97 Å². The molecule has 0 amide bonds. The molecule has 1 saturated carbocycles. The fourth-order valence-corrected chi connectivity index (χ4v) is 3.24. The molecule has 0 heterocycles. The van der Waals surface area contributed by atoms with Gasteiger partial charge in [-0.1, -0.05) is 6.42 Å². The Bertz CT molecular complexity index is 222. The van der Waals surface area contributed by atoms with Crippen LogP contribution in [0.15, 0.2) is 0 Å². The van der Waals surface area contributed by atoms with Gasteiger partial charge in [0.25, 0.3) is 0 Å². The number of hydrogen-bond donors (Lipinski definition) is 0. The average molecular weight is 256 g/mol. The molecule has 0 unspecified atom stereocenters. The van der Waals surface area contributed by atoms with Crippen LogP contribution in [0, 0.1) is 0 Å². The van der Waals surface area contributed by atoms with Crippen molar-refractivity contribution in [2.75, 3.05) is 48.3 Å². The maximum Gasteiger partial charge on any atom is 0.0886 e. The Balaban J connectivity index is 2.16. The normalized spacial score (nSPS) is 19.2. The minimum absolute atomic E-state index is 0.942. The van der Waals surface area contributed by atoms with E-state index in [1.165, 1.54) is 68.9 Å². The highest BCUT2D eigenvalue weighted by atomic mass is 15.3. The van der Waals surface area contributed by atoms with Crippen molar-refractivity contribution in [1.82, 2.24) is 0 Å². The van der Waals surface area contributed by atoms with E-state index in [9.17, 15) is 0 Å². The zero-order chi connectivity index (χ0) is 13.6. The van der Waals surface area contributed by atoms with Crippen LogP contribution in [0.4, 0.5) is 0 Å². The van der Waals surface area contributed by atoms with E-state index in [-0.39, 0.29) is 0 Å². The SMILES string of the molecule is C[N+](C)(C)CCCCC[N+](C)(C)C1CCCCC1. The molecular formula is C16H36N2+2. The molecule has 108 valence electrons. The predicted molar refractivity (Wildman–Crippen MR) is 80.6 cm³/mol. The number of quaternary nitrogens is 2. The molecule has 2 heteroatoms. The van der Waals surface area contributed by atoms with Gasteiger partial charge in [0.05, 0.1) is 54.4 Å². The van der Waals surface area contributed by atoms with Gasteiger partial charge >= 0.3 is 0 Å². The van der Waals surface area contributed by atoms with Gasteiger partial charge in [-0.2, -0.15) is 0 Å². The topological polar surface area (TPSA) is 0 Å². The Hall–Kier alpha value is -0.0800. The smallest absolute Gasteiger partial charge is 0.0886 e. The van der Waals surface area contributed by atoms with Gasteiger partial charge in [0.1, 0.15) is 0 Å². The molecule has 0 radical (unpaired) electrons. The van der Waals surface area contributed by atoms with Crippen molar-refractivity contribution in [3.8, 4) is 0 Å². The highest BCUT2D eigenvalue weighted by Gasteiger charge is 2.28. The van der Waals surface area contributed by atoms with E-state index in [0.717, 1.165) is 10.5 Å². The largest absolute Gasteiger partial charge is 0.331 e. The third-order valence-electron chi connectivity index (χ3n) is 4.63. The van der Waals surface area contributed by atoms with Crippen molar-refractivity contribution in [2.45, 2.75) is 57.4 Å². The summed E-state index contributed by atoms with van der Waals surface area (Å²) >= 11 is 0. The van der Waals surface area contributed by atoms with E-state index >= 15 is 0 Å². The first-order valence-electron chi connectivity index (χ1n) is 7.94. The standard InChI is InChI=1S/C16H36N2/c1-17(2,3)14-10-7-11-15-18(4,5)16-12-8-6-9-13-16/h16H,6-15H2,1-5H3/q+2. The number of nitrogens with zero attached hydrogens (tertiary/aromatic N) is 2. The number of unbranched alkanes of at least 4 members (excludes halogenated alkanes) is 2. The van der Waals surface area contributed by atoms with E-state index in [0.29, 0.717) is 0 Å². The summed E-state index contributed by atoms with van der Waals surface area (Å²) in [5.74, 6) is 0. The lowest BCUT2D eigenvalue weighted by atomic mass is 9.93. The van der Waals surface area contributed by atoms with Gasteiger partial charge in [0, 0.05) is 0 Å². The number of rotatable bonds is 7. The van der Waals surface area contributed by atoms with Gasteiger partial charge in [-0.05, 0) is 44.9 Å². The van der Waals surface area contributed by atoms with Crippen molar-refractivity contribution >= 4 is 0 Å². The summed E-state index contributed by atoms with van der Waals surface area (Å²) in [6.07, 6.45) is 11.5. The molecule has 18 heavy (non-hydrogen) atoms. The molecule has 1 aliphatic carbocycles. The van der Waals surface area contributed by atoms with Crippen LogP contribution in [0.1, 0.15) is 51.4 Å². The summed E-state index contributed by atoms with van der Waals surface area (Å²) in [5.41, 5.74) is 0. The molecule has 2 nitrogen and oxygen atoms in total. The zero-order valence-electron chi connectivity index (χ0n) is 13.5. The van der Waals surface area contributed by atoms with Gasteiger partial charge in [0.15, 0.2) is 0 Å². The predicted octanol–water partition coefficient (Wildman–Crippen LogP) is 3.27. The van der Waals surface area contributed by atoms with Gasteiger partial charge in [-0.15, -0.1) is 0 Å². The summed E-state index contributed by atoms with van der Waals surface area (Å²) in [4.78, 5) is 0. The number of hydrogen-bond acceptors (Lipinski definition) is 0. The molecule has 0 atom stereocenters. The lowest BCUT2D eigenvalue weighted by molar-refractivity contribution is -0.916. The van der Waals surface area contributed by atoms with E-state index in [2.05, 4.69) is 35.2 Å². The monoisotopic (exact) mass is 256 g/mol. The van der Waals surface area contributed by atoms with Gasteiger partial charge in [0.2, 0.25) is 0 Å². The fourth-order valence-electron chi connectivity index (χ4n) is 3.24. The average Bonchev–Trinajstić information content (AvgIpc) is 2.28. The molecule has 0 N–H and O–H groups in total. The van der Waals surface area contributed by atoms with Crippen LogP contribution >= 0.6 is 0 Å². The lowest BCUT2D eigenvalue weighted by Gasteiger charge is -2.40. The van der Waals surface area contributed by atoms with Gasteiger partial charge < -0.3 is 8.97 Å². The Morgan fingerprint density at radius 3 is 1.83 bits per heavy atom. The second kappa shape index (κ2) is 6.91. The van der Waals surface area contributed by atoms with Crippen molar-refractivity contribution in [2.24, 2.45) is 0 Å². The molecule has 0 aromatic carbocycles. The van der Waals surface area contributed by atoms with Crippen LogP contribution in [0.3, 0.4) is 0 Å². The summed E-state index contributed by atoms with van der Waals surface area (Å²) in [5, 5.41) is 0. The van der Waals surface area contributed by atoms with Crippen molar-refractivity contribution in [1.29, 1.82) is 0 Å². The minimum atomic E-state index is 0.942. The highest BCUT2D eigenvalue weighted by Crippen LogP contribution is 2.26. The first-order chi connectivity index (χ1) is 8.31. The second-order valence-corrected chi connectivity index (χ2v) is 7.87. The lowest BCUT2D eigenvalue weighted by Crippen LogP contribution is -2.50. The van der Waals surface area contributed by atoms with E-state index in [1.54, 1.807) is 0 Å². The van der Waals surface area contributed by atoms with Gasteiger partial charge in [-0.25, -0.2) is 0 Å². The van der Waals surface area contributed by atoms with E-state index in [4.69, 9.17) is 0 Å². The Labute approximate surface area is 115 Å². The molecule has 0 aromatic heterocycles. The molecule has 1 aliphatic rings. The molecule has 0 spiro atoms. The maximum absolute atomic E-state index is 2.45. The molecule has 1 rings (SSSR count). The maximum atomic E-state index is 2.45. The highest BCUT2D eigenvalue weighted by molar-refractivity contribution is 4.65. The van der Waals surface area contributed by atoms with Crippen LogP contribution in [0.25, 0.3) is 0 Å². The quantitative estimate of drug-likeness (QED) is 0.484. The first kappa shape index (κ1) is 16.0. The van der Waals surface area contributed by atoms with E-state index < -0.39 is 0 Å². The van der Waals surface area contributed by atoms with E-state index in [1.807, 2.05) is 0 Å². The van der Waals surface area contributed by atoms with Crippen LogP contribution < -0.4 is 0 Å². The minimum Gasteiger partial charge on any atom is -0.331 e. The van der Waals surface area contributed by atoms with Gasteiger partial charge in [-0.3, -0.25) is 0 Å². The third kappa shape index (κ3) is 6.19. The van der Waals surface area contributed by atoms with Crippen molar-refractivity contribution in [3.05, 3.63) is 0 Å². The Morgan fingerprint density at radius 2 is 1.28 bits per heavy atom. The third-order valence-corrected chi connectivity index (χ3v) is 4.63. The Kier molecular flexibility index (Phi) is 6.13. The summed E-state index contributed by atoms with van der Waals surface area (Å²) < 4.78 is 2.38. The second-order valence-electron chi connectivity index (χ2n) is 7.87. The molecule has 0 aliphatic heterocycles. The molecule has 0 bridgehead atoms.